The van der Waals surface area contributed by atoms with Gasteiger partial charge in [-0.3, -0.25) is 4.79 Å². The molecular formula is C22H24N4O5S. The van der Waals surface area contributed by atoms with Crippen LogP contribution in [0.4, 0.5) is 5.69 Å². The molecule has 2 N–H and O–H groups in total. The van der Waals surface area contributed by atoms with Crippen molar-refractivity contribution >= 4 is 29.3 Å². The van der Waals surface area contributed by atoms with Crippen LogP contribution in [0.3, 0.4) is 0 Å². The number of carboxylic acids is 1. The summed E-state index contributed by atoms with van der Waals surface area (Å²) in [6.07, 6.45) is -0.363. The summed E-state index contributed by atoms with van der Waals surface area (Å²) in [6, 6.07) is 13.3. The molecule has 0 radical (unpaired) electrons. The van der Waals surface area contributed by atoms with E-state index in [1.807, 2.05) is 38.2 Å². The van der Waals surface area contributed by atoms with Gasteiger partial charge in [-0.25, -0.2) is 4.79 Å². The lowest BCUT2D eigenvalue weighted by Crippen LogP contribution is -2.23. The van der Waals surface area contributed by atoms with Crippen molar-refractivity contribution in [1.82, 2.24) is 14.8 Å². The largest absolute Gasteiger partial charge is 0.497 e. The van der Waals surface area contributed by atoms with E-state index in [0.717, 1.165) is 5.75 Å². The standard InChI is InChI=1S/C22H24N4O5S/c1-13(31-18-10-8-17(30-4)9-11-18)19-24-25-22(26(19)3)32-14(2)20(27)23-16-7-5-6-15(12-16)21(28)29/h5-14H,1-4H3,(H,23,27)(H,28,29). The fraction of sp³-hybridized carbons (Fsp3) is 0.273. The highest BCUT2D eigenvalue weighted by atomic mass is 32.2. The van der Waals surface area contributed by atoms with Gasteiger partial charge in [-0.2, -0.15) is 0 Å². The number of nitrogens with zero attached hydrogens (tertiary/aromatic N) is 3. The first kappa shape index (κ1) is 23.1. The zero-order valence-electron chi connectivity index (χ0n) is 18.1. The number of ether oxygens (including phenoxy) is 2. The Kier molecular flexibility index (Phi) is 7.37. The number of carboxylic acid groups (broad SMARTS) is 1. The highest BCUT2D eigenvalue weighted by molar-refractivity contribution is 8.00. The second-order valence-corrected chi connectivity index (χ2v) is 8.28. The Balaban J connectivity index is 1.63. The zero-order chi connectivity index (χ0) is 23.3. The molecule has 2 atom stereocenters. The molecule has 1 heterocycles. The normalized spacial score (nSPS) is 12.6. The van der Waals surface area contributed by atoms with E-state index in [1.165, 1.54) is 23.9 Å². The SMILES string of the molecule is COc1ccc(OC(C)c2nnc(SC(C)C(=O)Nc3cccc(C(=O)O)c3)n2C)cc1. The Morgan fingerprint density at radius 1 is 1.09 bits per heavy atom. The molecule has 0 fully saturated rings. The molecule has 168 valence electrons. The van der Waals surface area contributed by atoms with Gasteiger partial charge in [-0.15, -0.1) is 10.2 Å². The summed E-state index contributed by atoms with van der Waals surface area (Å²) >= 11 is 1.25. The lowest BCUT2D eigenvalue weighted by Gasteiger charge is -2.15. The maximum Gasteiger partial charge on any atom is 0.335 e. The molecule has 0 bridgehead atoms. The van der Waals surface area contributed by atoms with Crippen LogP contribution in [-0.2, 0) is 11.8 Å². The fourth-order valence-electron chi connectivity index (χ4n) is 2.88. The van der Waals surface area contributed by atoms with E-state index in [1.54, 1.807) is 30.7 Å². The average molecular weight is 457 g/mol. The molecule has 2 aromatic carbocycles. The number of amides is 1. The quantitative estimate of drug-likeness (QED) is 0.468. The first-order valence-electron chi connectivity index (χ1n) is 9.79. The minimum absolute atomic E-state index is 0.104. The van der Waals surface area contributed by atoms with Crippen molar-refractivity contribution in [1.29, 1.82) is 0 Å². The third-order valence-corrected chi connectivity index (χ3v) is 5.77. The number of hydrogen-bond donors (Lipinski definition) is 2. The second kappa shape index (κ2) is 10.2. The number of carbonyl (C=O) groups excluding carboxylic acids is 1. The van der Waals surface area contributed by atoms with Gasteiger partial charge in [-0.05, 0) is 56.3 Å². The van der Waals surface area contributed by atoms with Gasteiger partial charge in [-0.1, -0.05) is 17.8 Å². The van der Waals surface area contributed by atoms with E-state index in [-0.39, 0.29) is 17.6 Å². The lowest BCUT2D eigenvalue weighted by atomic mass is 10.2. The van der Waals surface area contributed by atoms with Crippen LogP contribution in [-0.4, -0.2) is 44.1 Å². The maximum absolute atomic E-state index is 12.6. The number of aromatic nitrogens is 3. The molecule has 0 saturated heterocycles. The molecule has 0 aliphatic rings. The van der Waals surface area contributed by atoms with Crippen molar-refractivity contribution in [3.8, 4) is 11.5 Å². The average Bonchev–Trinajstić information content (AvgIpc) is 3.14. The summed E-state index contributed by atoms with van der Waals surface area (Å²) in [5, 5.41) is 20.3. The van der Waals surface area contributed by atoms with Crippen molar-refractivity contribution in [2.75, 3.05) is 12.4 Å². The van der Waals surface area contributed by atoms with Crippen LogP contribution in [0.15, 0.2) is 53.7 Å². The number of carbonyl (C=O) groups is 2. The summed E-state index contributed by atoms with van der Waals surface area (Å²) in [7, 11) is 3.41. The van der Waals surface area contributed by atoms with Crippen molar-refractivity contribution < 1.29 is 24.2 Å². The number of aromatic carboxylic acids is 1. The molecule has 10 heteroatoms. The highest BCUT2D eigenvalue weighted by Crippen LogP contribution is 2.27. The lowest BCUT2D eigenvalue weighted by molar-refractivity contribution is -0.115. The van der Waals surface area contributed by atoms with Crippen LogP contribution in [0.1, 0.15) is 36.1 Å². The van der Waals surface area contributed by atoms with Crippen molar-refractivity contribution in [2.24, 2.45) is 7.05 Å². The van der Waals surface area contributed by atoms with Gasteiger partial charge in [0.1, 0.15) is 11.5 Å². The van der Waals surface area contributed by atoms with E-state index in [0.29, 0.717) is 22.4 Å². The number of rotatable bonds is 9. The molecule has 9 nitrogen and oxygen atoms in total. The predicted molar refractivity (Wildman–Crippen MR) is 120 cm³/mol. The van der Waals surface area contributed by atoms with Crippen LogP contribution >= 0.6 is 11.8 Å². The molecule has 1 amide bonds. The fourth-order valence-corrected chi connectivity index (χ4v) is 3.70. The molecule has 0 spiro atoms. The van der Waals surface area contributed by atoms with Gasteiger partial charge in [0, 0.05) is 12.7 Å². The van der Waals surface area contributed by atoms with Crippen LogP contribution in [0, 0.1) is 0 Å². The molecule has 32 heavy (non-hydrogen) atoms. The number of anilines is 1. The Labute approximate surface area is 189 Å². The Morgan fingerprint density at radius 2 is 1.78 bits per heavy atom. The third kappa shape index (κ3) is 5.58. The van der Waals surface area contributed by atoms with Crippen LogP contribution in [0.25, 0.3) is 0 Å². The van der Waals surface area contributed by atoms with Crippen LogP contribution in [0.5, 0.6) is 11.5 Å². The summed E-state index contributed by atoms with van der Waals surface area (Å²) in [5.74, 6) is 0.701. The molecule has 0 aliphatic carbocycles. The van der Waals surface area contributed by atoms with Gasteiger partial charge >= 0.3 is 5.97 Å². The van der Waals surface area contributed by atoms with Crippen molar-refractivity contribution in [2.45, 2.75) is 30.4 Å². The van der Waals surface area contributed by atoms with Gasteiger partial charge in [0.05, 0.1) is 17.9 Å². The van der Waals surface area contributed by atoms with E-state index < -0.39 is 11.2 Å². The Hall–Kier alpha value is -3.53. The molecule has 3 rings (SSSR count). The molecule has 1 aromatic heterocycles. The summed E-state index contributed by atoms with van der Waals surface area (Å²) in [6.45, 7) is 3.61. The van der Waals surface area contributed by atoms with Gasteiger partial charge in [0.2, 0.25) is 5.91 Å². The predicted octanol–water partition coefficient (Wildman–Crippen LogP) is 3.78. The smallest absolute Gasteiger partial charge is 0.335 e. The number of methoxy groups -OCH3 is 1. The van der Waals surface area contributed by atoms with E-state index in [2.05, 4.69) is 15.5 Å². The minimum atomic E-state index is -1.05. The highest BCUT2D eigenvalue weighted by Gasteiger charge is 2.22. The second-order valence-electron chi connectivity index (χ2n) is 6.97. The molecular weight excluding hydrogens is 432 g/mol. The number of hydrogen-bond acceptors (Lipinski definition) is 7. The number of thioether (sulfide) groups is 1. The molecule has 0 aliphatic heterocycles. The summed E-state index contributed by atoms with van der Waals surface area (Å²) in [4.78, 5) is 23.7. The first-order chi connectivity index (χ1) is 15.3. The number of benzene rings is 2. The Bertz CT molecular complexity index is 1100. The third-order valence-electron chi connectivity index (χ3n) is 4.63. The first-order valence-corrected chi connectivity index (χ1v) is 10.7. The number of nitrogens with one attached hydrogen (secondary N) is 1. The van der Waals surface area contributed by atoms with Crippen LogP contribution in [0.2, 0.25) is 0 Å². The molecule has 3 aromatic rings. The van der Waals surface area contributed by atoms with E-state index >= 15 is 0 Å². The van der Waals surface area contributed by atoms with E-state index in [4.69, 9.17) is 14.6 Å². The maximum atomic E-state index is 12.6. The molecule has 0 saturated carbocycles. The van der Waals surface area contributed by atoms with Crippen molar-refractivity contribution in [3.63, 3.8) is 0 Å². The van der Waals surface area contributed by atoms with Gasteiger partial charge in [0.25, 0.3) is 0 Å². The summed E-state index contributed by atoms with van der Waals surface area (Å²) < 4.78 is 12.9. The monoisotopic (exact) mass is 456 g/mol. The van der Waals surface area contributed by atoms with Gasteiger partial charge in [0.15, 0.2) is 17.1 Å². The zero-order valence-corrected chi connectivity index (χ0v) is 18.9. The molecule has 2 unspecified atom stereocenters. The van der Waals surface area contributed by atoms with Gasteiger partial charge < -0.3 is 24.5 Å². The van der Waals surface area contributed by atoms with E-state index in [9.17, 15) is 9.59 Å². The van der Waals surface area contributed by atoms with Crippen LogP contribution < -0.4 is 14.8 Å². The van der Waals surface area contributed by atoms with Crippen molar-refractivity contribution in [3.05, 3.63) is 59.9 Å². The Morgan fingerprint density at radius 3 is 2.44 bits per heavy atom. The summed E-state index contributed by atoms with van der Waals surface area (Å²) in [5.41, 5.74) is 0.523. The minimum Gasteiger partial charge on any atom is -0.497 e. The topological polar surface area (TPSA) is 116 Å².